The van der Waals surface area contributed by atoms with Gasteiger partial charge in [0.25, 0.3) is 0 Å². The van der Waals surface area contributed by atoms with Crippen LogP contribution in [0.15, 0.2) is 11.6 Å². The first-order valence-corrected chi connectivity index (χ1v) is 6.37. The summed E-state index contributed by atoms with van der Waals surface area (Å²) < 4.78 is 0. The van der Waals surface area contributed by atoms with Gasteiger partial charge in [-0.1, -0.05) is 6.92 Å². The van der Waals surface area contributed by atoms with Gasteiger partial charge in [0.1, 0.15) is 0 Å². The third-order valence-corrected chi connectivity index (χ3v) is 3.95. The molecule has 14 heavy (non-hydrogen) atoms. The Balaban J connectivity index is 1.76. The molecule has 0 aromatic carbocycles. The molecule has 1 heterocycles. The van der Waals surface area contributed by atoms with E-state index in [-0.39, 0.29) is 0 Å². The smallest absolute Gasteiger partial charge is 0.0927 e. The quantitative estimate of drug-likeness (QED) is 0.807. The molecule has 0 spiro atoms. The molecule has 0 saturated heterocycles. The van der Waals surface area contributed by atoms with Gasteiger partial charge in [0.2, 0.25) is 0 Å². The predicted octanol–water partition coefficient (Wildman–Crippen LogP) is 2.32. The fraction of sp³-hybridized carbons (Fsp3) is 0.727. The van der Waals surface area contributed by atoms with Gasteiger partial charge in [-0.25, -0.2) is 4.98 Å². The summed E-state index contributed by atoms with van der Waals surface area (Å²) >= 11 is 1.79. The van der Waals surface area contributed by atoms with Crippen molar-refractivity contribution in [3.8, 4) is 0 Å². The van der Waals surface area contributed by atoms with Gasteiger partial charge in [-0.15, -0.1) is 11.3 Å². The van der Waals surface area contributed by atoms with Gasteiger partial charge in [0.05, 0.1) is 5.01 Å². The Kier molecular flexibility index (Phi) is 3.54. The monoisotopic (exact) mass is 210 g/mol. The summed E-state index contributed by atoms with van der Waals surface area (Å²) in [5.41, 5.74) is 0. The van der Waals surface area contributed by atoms with E-state index in [4.69, 9.17) is 0 Å². The zero-order valence-electron chi connectivity index (χ0n) is 8.70. The Labute approximate surface area is 89.8 Å². The SMILES string of the molecule is CCNCC1CCC1Cc1nccs1. The van der Waals surface area contributed by atoms with E-state index >= 15 is 0 Å². The molecule has 1 aromatic rings. The highest BCUT2D eigenvalue weighted by atomic mass is 32.1. The van der Waals surface area contributed by atoms with Crippen molar-refractivity contribution in [1.29, 1.82) is 0 Å². The summed E-state index contributed by atoms with van der Waals surface area (Å²) in [6, 6.07) is 0. The van der Waals surface area contributed by atoms with Gasteiger partial charge in [-0.05, 0) is 37.8 Å². The summed E-state index contributed by atoms with van der Waals surface area (Å²) in [5, 5.41) is 6.84. The number of thiazole rings is 1. The number of nitrogens with zero attached hydrogens (tertiary/aromatic N) is 1. The summed E-state index contributed by atoms with van der Waals surface area (Å²) in [6.45, 7) is 4.47. The van der Waals surface area contributed by atoms with E-state index in [9.17, 15) is 0 Å². The molecule has 2 rings (SSSR count). The van der Waals surface area contributed by atoms with E-state index in [0.29, 0.717) is 0 Å². The van der Waals surface area contributed by atoms with Crippen molar-refractivity contribution in [2.75, 3.05) is 13.1 Å². The fourth-order valence-electron chi connectivity index (χ4n) is 2.08. The molecule has 1 aliphatic carbocycles. The molecule has 78 valence electrons. The van der Waals surface area contributed by atoms with Crippen LogP contribution in [0, 0.1) is 11.8 Å². The lowest BCUT2D eigenvalue weighted by atomic mass is 9.72. The Morgan fingerprint density at radius 1 is 1.50 bits per heavy atom. The van der Waals surface area contributed by atoms with E-state index in [1.165, 1.54) is 30.8 Å². The fourth-order valence-corrected chi connectivity index (χ4v) is 2.79. The maximum atomic E-state index is 4.35. The molecular weight excluding hydrogens is 192 g/mol. The van der Waals surface area contributed by atoms with E-state index < -0.39 is 0 Å². The van der Waals surface area contributed by atoms with Crippen LogP contribution in [0.4, 0.5) is 0 Å². The van der Waals surface area contributed by atoms with Crippen LogP contribution in [-0.4, -0.2) is 18.1 Å². The van der Waals surface area contributed by atoms with Crippen molar-refractivity contribution in [3.63, 3.8) is 0 Å². The van der Waals surface area contributed by atoms with Gasteiger partial charge in [-0.3, -0.25) is 0 Å². The summed E-state index contributed by atoms with van der Waals surface area (Å²) in [7, 11) is 0. The second-order valence-corrected chi connectivity index (χ2v) is 5.01. The normalized spacial score (nSPS) is 26.1. The predicted molar refractivity (Wildman–Crippen MR) is 60.6 cm³/mol. The molecule has 1 fully saturated rings. The maximum absolute atomic E-state index is 4.35. The van der Waals surface area contributed by atoms with Gasteiger partial charge in [0.15, 0.2) is 0 Å². The molecule has 2 atom stereocenters. The Morgan fingerprint density at radius 2 is 2.36 bits per heavy atom. The number of rotatable bonds is 5. The standard InChI is InChI=1S/C11H18N2S/c1-2-12-8-10-4-3-9(10)7-11-13-5-6-14-11/h5-6,9-10,12H,2-4,7-8H2,1H3. The van der Waals surface area contributed by atoms with Crippen LogP contribution in [0.3, 0.4) is 0 Å². The minimum Gasteiger partial charge on any atom is -0.317 e. The second kappa shape index (κ2) is 4.89. The lowest BCUT2D eigenvalue weighted by Crippen LogP contribution is -2.36. The Bertz CT molecular complexity index is 258. The van der Waals surface area contributed by atoms with Crippen LogP contribution in [0.1, 0.15) is 24.8 Å². The van der Waals surface area contributed by atoms with Crippen LogP contribution >= 0.6 is 11.3 Å². The number of hydrogen-bond acceptors (Lipinski definition) is 3. The molecule has 0 bridgehead atoms. The average Bonchev–Trinajstić information content (AvgIpc) is 2.65. The Morgan fingerprint density at radius 3 is 2.93 bits per heavy atom. The molecular formula is C11H18N2S. The van der Waals surface area contributed by atoms with Crippen molar-refractivity contribution in [2.45, 2.75) is 26.2 Å². The molecule has 1 aliphatic rings. The average molecular weight is 210 g/mol. The van der Waals surface area contributed by atoms with Gasteiger partial charge in [-0.2, -0.15) is 0 Å². The number of aromatic nitrogens is 1. The highest BCUT2D eigenvalue weighted by Crippen LogP contribution is 2.36. The largest absolute Gasteiger partial charge is 0.317 e. The number of nitrogens with one attached hydrogen (secondary N) is 1. The maximum Gasteiger partial charge on any atom is 0.0927 e. The zero-order chi connectivity index (χ0) is 9.80. The van der Waals surface area contributed by atoms with Gasteiger partial charge < -0.3 is 5.32 Å². The third kappa shape index (κ3) is 2.34. The van der Waals surface area contributed by atoms with Gasteiger partial charge >= 0.3 is 0 Å². The summed E-state index contributed by atoms with van der Waals surface area (Å²) in [5.74, 6) is 1.79. The molecule has 0 amide bonds. The van der Waals surface area contributed by atoms with Crippen LogP contribution < -0.4 is 5.32 Å². The molecule has 0 aliphatic heterocycles. The lowest BCUT2D eigenvalue weighted by molar-refractivity contribution is 0.171. The van der Waals surface area contributed by atoms with Crippen molar-refractivity contribution < 1.29 is 0 Å². The van der Waals surface area contributed by atoms with Crippen molar-refractivity contribution in [3.05, 3.63) is 16.6 Å². The number of hydrogen-bond donors (Lipinski definition) is 1. The molecule has 1 aromatic heterocycles. The summed E-state index contributed by atoms with van der Waals surface area (Å²) in [6.07, 6.45) is 5.92. The van der Waals surface area contributed by atoms with E-state index in [1.807, 2.05) is 6.20 Å². The third-order valence-electron chi connectivity index (χ3n) is 3.15. The van der Waals surface area contributed by atoms with Crippen LogP contribution in [0.5, 0.6) is 0 Å². The zero-order valence-corrected chi connectivity index (χ0v) is 9.52. The topological polar surface area (TPSA) is 24.9 Å². The van der Waals surface area contributed by atoms with Crippen molar-refractivity contribution in [2.24, 2.45) is 11.8 Å². The van der Waals surface area contributed by atoms with E-state index in [1.54, 1.807) is 11.3 Å². The first-order chi connectivity index (χ1) is 6.90. The molecule has 3 heteroatoms. The summed E-state index contributed by atoms with van der Waals surface area (Å²) in [4.78, 5) is 4.35. The van der Waals surface area contributed by atoms with Crippen LogP contribution in [0.25, 0.3) is 0 Å². The van der Waals surface area contributed by atoms with Crippen LogP contribution in [0.2, 0.25) is 0 Å². The molecule has 2 unspecified atom stereocenters. The minimum atomic E-state index is 0.889. The molecule has 2 nitrogen and oxygen atoms in total. The highest BCUT2D eigenvalue weighted by Gasteiger charge is 2.30. The lowest BCUT2D eigenvalue weighted by Gasteiger charge is -2.36. The van der Waals surface area contributed by atoms with Crippen LogP contribution in [-0.2, 0) is 6.42 Å². The first kappa shape index (κ1) is 10.1. The molecule has 1 N–H and O–H groups in total. The first-order valence-electron chi connectivity index (χ1n) is 5.49. The minimum absolute atomic E-state index is 0.889. The van der Waals surface area contributed by atoms with Crippen molar-refractivity contribution in [1.82, 2.24) is 10.3 Å². The van der Waals surface area contributed by atoms with Crippen molar-refractivity contribution >= 4 is 11.3 Å². The van der Waals surface area contributed by atoms with E-state index in [2.05, 4.69) is 22.6 Å². The van der Waals surface area contributed by atoms with E-state index in [0.717, 1.165) is 18.4 Å². The van der Waals surface area contributed by atoms with Gasteiger partial charge in [0, 0.05) is 18.0 Å². The Hall–Kier alpha value is -0.410. The second-order valence-electron chi connectivity index (χ2n) is 4.04. The molecule has 1 saturated carbocycles. The highest BCUT2D eigenvalue weighted by molar-refractivity contribution is 7.09. The molecule has 0 radical (unpaired) electrons.